The molecule has 0 aliphatic carbocycles. The Balaban J connectivity index is 1.44. The summed E-state index contributed by atoms with van der Waals surface area (Å²) in [5.41, 5.74) is 2.66. The predicted octanol–water partition coefficient (Wildman–Crippen LogP) is 3.68. The van der Waals surface area contributed by atoms with Crippen LogP contribution in [-0.4, -0.2) is 46.3 Å². The summed E-state index contributed by atoms with van der Waals surface area (Å²) in [7, 11) is 0. The van der Waals surface area contributed by atoms with Gasteiger partial charge in [-0.25, -0.2) is 4.79 Å². The molecular formula is C23H24ClN3O3. The van der Waals surface area contributed by atoms with Gasteiger partial charge in [0.05, 0.1) is 6.54 Å². The molecule has 30 heavy (non-hydrogen) atoms. The van der Waals surface area contributed by atoms with Gasteiger partial charge < -0.3 is 10.2 Å². The minimum absolute atomic E-state index is 0.0357. The van der Waals surface area contributed by atoms with Crippen molar-refractivity contribution in [3.63, 3.8) is 0 Å². The van der Waals surface area contributed by atoms with Crippen molar-refractivity contribution in [1.29, 1.82) is 0 Å². The quantitative estimate of drug-likeness (QED) is 0.762. The Morgan fingerprint density at radius 3 is 2.23 bits per heavy atom. The average Bonchev–Trinajstić information content (AvgIpc) is 2.93. The molecule has 2 saturated heterocycles. The fourth-order valence-electron chi connectivity index (χ4n) is 4.30. The Bertz CT molecular complexity index is 991. The SMILES string of the molecule is Cc1cc(C)cc(C(=O)N2CCC3(CC2)NC(=O)N(Cc2ccc(Cl)cc2)C3=O)c1. The number of nitrogens with one attached hydrogen (secondary N) is 1. The fraction of sp³-hybridized carbons (Fsp3) is 0.348. The molecule has 4 rings (SSSR count). The van der Waals surface area contributed by atoms with Crippen LogP contribution in [0.1, 0.15) is 39.9 Å². The molecule has 0 unspecified atom stereocenters. The lowest BCUT2D eigenvalue weighted by molar-refractivity contribution is -0.133. The van der Waals surface area contributed by atoms with Crippen LogP contribution in [0, 0.1) is 13.8 Å². The van der Waals surface area contributed by atoms with Gasteiger partial charge in [-0.1, -0.05) is 40.9 Å². The van der Waals surface area contributed by atoms with Crippen molar-refractivity contribution in [2.75, 3.05) is 13.1 Å². The van der Waals surface area contributed by atoms with Crippen molar-refractivity contribution < 1.29 is 14.4 Å². The Hall–Kier alpha value is -2.86. The third-order valence-corrected chi connectivity index (χ3v) is 6.12. The highest BCUT2D eigenvalue weighted by atomic mass is 35.5. The molecule has 2 aliphatic heterocycles. The van der Waals surface area contributed by atoms with Crippen LogP contribution >= 0.6 is 11.6 Å². The van der Waals surface area contributed by atoms with Crippen molar-refractivity contribution in [3.05, 3.63) is 69.7 Å². The molecule has 0 saturated carbocycles. The summed E-state index contributed by atoms with van der Waals surface area (Å²) >= 11 is 5.91. The van der Waals surface area contributed by atoms with E-state index < -0.39 is 5.54 Å². The van der Waals surface area contributed by atoms with E-state index in [0.29, 0.717) is 36.5 Å². The number of aryl methyl sites for hydroxylation is 2. The summed E-state index contributed by atoms with van der Waals surface area (Å²) in [4.78, 5) is 41.6. The molecule has 2 aromatic carbocycles. The van der Waals surface area contributed by atoms with Crippen LogP contribution in [0.5, 0.6) is 0 Å². The van der Waals surface area contributed by atoms with Crippen molar-refractivity contribution in [3.8, 4) is 0 Å². The van der Waals surface area contributed by atoms with E-state index in [0.717, 1.165) is 16.7 Å². The van der Waals surface area contributed by atoms with Crippen LogP contribution in [0.2, 0.25) is 5.02 Å². The van der Waals surface area contributed by atoms with E-state index in [-0.39, 0.29) is 24.4 Å². The molecule has 6 nitrogen and oxygen atoms in total. The van der Waals surface area contributed by atoms with Gasteiger partial charge in [-0.05, 0) is 56.5 Å². The molecule has 4 amide bonds. The first-order chi connectivity index (χ1) is 14.3. The maximum Gasteiger partial charge on any atom is 0.325 e. The lowest BCUT2D eigenvalue weighted by Gasteiger charge is -2.37. The van der Waals surface area contributed by atoms with E-state index in [1.54, 1.807) is 29.2 Å². The molecule has 7 heteroatoms. The molecule has 156 valence electrons. The molecule has 2 aliphatic rings. The number of imide groups is 1. The number of likely N-dealkylation sites (tertiary alicyclic amines) is 1. The van der Waals surface area contributed by atoms with Gasteiger partial charge >= 0.3 is 6.03 Å². The normalized spacial score (nSPS) is 18.1. The fourth-order valence-corrected chi connectivity index (χ4v) is 4.43. The van der Waals surface area contributed by atoms with Gasteiger partial charge in [-0.2, -0.15) is 0 Å². The summed E-state index contributed by atoms with van der Waals surface area (Å²) in [6, 6.07) is 12.5. The number of nitrogens with zero attached hydrogens (tertiary/aromatic N) is 2. The molecular weight excluding hydrogens is 402 g/mol. The minimum atomic E-state index is -0.928. The van der Waals surface area contributed by atoms with Crippen LogP contribution in [-0.2, 0) is 11.3 Å². The minimum Gasteiger partial charge on any atom is -0.338 e. The number of amides is 4. The summed E-state index contributed by atoms with van der Waals surface area (Å²) in [5.74, 6) is -0.257. The first-order valence-corrected chi connectivity index (χ1v) is 10.4. The molecule has 0 atom stereocenters. The van der Waals surface area contributed by atoms with Gasteiger partial charge in [0.15, 0.2) is 0 Å². The second-order valence-corrected chi connectivity index (χ2v) is 8.64. The van der Waals surface area contributed by atoms with E-state index >= 15 is 0 Å². The van der Waals surface area contributed by atoms with Gasteiger partial charge in [0.25, 0.3) is 11.8 Å². The van der Waals surface area contributed by atoms with Crippen LogP contribution in [0.15, 0.2) is 42.5 Å². The second kappa shape index (κ2) is 7.76. The van der Waals surface area contributed by atoms with Gasteiger partial charge in [0, 0.05) is 23.7 Å². The van der Waals surface area contributed by atoms with E-state index in [1.807, 2.05) is 32.0 Å². The maximum atomic E-state index is 13.1. The largest absolute Gasteiger partial charge is 0.338 e. The Morgan fingerprint density at radius 1 is 1.03 bits per heavy atom. The summed E-state index contributed by atoms with van der Waals surface area (Å²) in [6.07, 6.45) is 0.816. The van der Waals surface area contributed by atoms with E-state index in [4.69, 9.17) is 11.6 Å². The van der Waals surface area contributed by atoms with Crippen molar-refractivity contribution in [2.45, 2.75) is 38.8 Å². The number of hydrogen-bond donors (Lipinski definition) is 1. The molecule has 0 bridgehead atoms. The van der Waals surface area contributed by atoms with Crippen LogP contribution in [0.4, 0.5) is 4.79 Å². The van der Waals surface area contributed by atoms with E-state index in [2.05, 4.69) is 5.32 Å². The number of rotatable bonds is 3. The van der Waals surface area contributed by atoms with Crippen molar-refractivity contribution >= 4 is 29.4 Å². The number of carbonyl (C=O) groups excluding carboxylic acids is 3. The van der Waals surface area contributed by atoms with E-state index in [1.165, 1.54) is 4.90 Å². The average molecular weight is 426 g/mol. The van der Waals surface area contributed by atoms with Crippen LogP contribution < -0.4 is 5.32 Å². The number of hydrogen-bond acceptors (Lipinski definition) is 3. The smallest absolute Gasteiger partial charge is 0.325 e. The first-order valence-electron chi connectivity index (χ1n) is 10.0. The van der Waals surface area contributed by atoms with Gasteiger partial charge in [0.2, 0.25) is 0 Å². The zero-order valence-electron chi connectivity index (χ0n) is 17.1. The van der Waals surface area contributed by atoms with Crippen molar-refractivity contribution in [2.24, 2.45) is 0 Å². The third kappa shape index (κ3) is 3.79. The first kappa shape index (κ1) is 20.4. The van der Waals surface area contributed by atoms with E-state index in [9.17, 15) is 14.4 Å². The number of piperidine rings is 1. The predicted molar refractivity (Wildman–Crippen MR) is 114 cm³/mol. The van der Waals surface area contributed by atoms with Crippen LogP contribution in [0.3, 0.4) is 0 Å². The Labute approximate surface area is 180 Å². The number of halogens is 1. The lowest BCUT2D eigenvalue weighted by Crippen LogP contribution is -2.55. The molecule has 1 N–H and O–H groups in total. The summed E-state index contributed by atoms with van der Waals surface area (Å²) in [5, 5.41) is 3.50. The van der Waals surface area contributed by atoms with Gasteiger partial charge in [-0.15, -0.1) is 0 Å². The Kier molecular flexibility index (Phi) is 5.28. The topological polar surface area (TPSA) is 69.7 Å². The molecule has 2 aromatic rings. The maximum absolute atomic E-state index is 13.1. The molecule has 2 fully saturated rings. The zero-order valence-corrected chi connectivity index (χ0v) is 17.8. The monoisotopic (exact) mass is 425 g/mol. The molecule has 0 aromatic heterocycles. The zero-order chi connectivity index (χ0) is 21.5. The summed E-state index contributed by atoms with van der Waals surface area (Å²) < 4.78 is 0. The van der Waals surface area contributed by atoms with Crippen molar-refractivity contribution in [1.82, 2.24) is 15.1 Å². The number of carbonyl (C=O) groups is 3. The molecule has 1 spiro atoms. The summed E-state index contributed by atoms with van der Waals surface area (Å²) in [6.45, 7) is 4.99. The Morgan fingerprint density at radius 2 is 1.63 bits per heavy atom. The second-order valence-electron chi connectivity index (χ2n) is 8.20. The van der Waals surface area contributed by atoms with Crippen LogP contribution in [0.25, 0.3) is 0 Å². The lowest BCUT2D eigenvalue weighted by atomic mass is 9.87. The highest BCUT2D eigenvalue weighted by molar-refractivity contribution is 6.30. The van der Waals surface area contributed by atoms with Gasteiger partial charge in [-0.3, -0.25) is 14.5 Å². The highest BCUT2D eigenvalue weighted by Gasteiger charge is 2.52. The highest BCUT2D eigenvalue weighted by Crippen LogP contribution is 2.31. The molecule has 0 radical (unpaired) electrons. The standard InChI is InChI=1S/C23H24ClN3O3/c1-15-11-16(2)13-18(12-15)20(28)26-9-7-23(8-10-26)21(29)27(22(30)25-23)14-17-3-5-19(24)6-4-17/h3-6,11-13H,7-10,14H2,1-2H3,(H,25,30). The third-order valence-electron chi connectivity index (χ3n) is 5.87. The van der Waals surface area contributed by atoms with Gasteiger partial charge in [0.1, 0.15) is 5.54 Å². The number of urea groups is 1. The molecule has 2 heterocycles. The number of benzene rings is 2.